The summed E-state index contributed by atoms with van der Waals surface area (Å²) in [5.74, 6) is -5.59. The van der Waals surface area contributed by atoms with Gasteiger partial charge in [0.1, 0.15) is 5.41 Å². The average molecular weight is 176 g/mol. The molecule has 0 heterocycles. The third kappa shape index (κ3) is 0.806. The van der Waals surface area contributed by atoms with Gasteiger partial charge in [0, 0.05) is 5.92 Å². The third-order valence-corrected chi connectivity index (χ3v) is 2.59. The predicted molar refractivity (Wildman–Crippen MR) is 39.0 cm³/mol. The second-order valence-corrected chi connectivity index (χ2v) is 3.21. The molecule has 1 rings (SSSR count). The van der Waals surface area contributed by atoms with Gasteiger partial charge in [-0.05, 0) is 13.3 Å². The Morgan fingerprint density at radius 2 is 2.25 bits per heavy atom. The average Bonchev–Trinajstić information content (AvgIpc) is 2.36. The Morgan fingerprint density at radius 3 is 2.50 bits per heavy atom. The number of allylic oxidation sites excluding steroid dienone is 1. The lowest BCUT2D eigenvalue weighted by atomic mass is 10.1. The van der Waals surface area contributed by atoms with Crippen molar-refractivity contribution in [1.82, 2.24) is 0 Å². The molecule has 0 radical (unpaired) electrons. The van der Waals surface area contributed by atoms with Gasteiger partial charge in [-0.1, -0.05) is 6.08 Å². The van der Waals surface area contributed by atoms with Gasteiger partial charge >= 0.3 is 5.97 Å². The van der Waals surface area contributed by atoms with E-state index in [4.69, 9.17) is 5.11 Å². The van der Waals surface area contributed by atoms with Crippen molar-refractivity contribution in [3.8, 4) is 0 Å². The van der Waals surface area contributed by atoms with Crippen LogP contribution in [0.2, 0.25) is 0 Å². The minimum atomic E-state index is -3.08. The van der Waals surface area contributed by atoms with Crippen molar-refractivity contribution in [2.75, 3.05) is 0 Å². The van der Waals surface area contributed by atoms with Crippen molar-refractivity contribution < 1.29 is 18.7 Å². The zero-order valence-corrected chi connectivity index (χ0v) is 6.68. The monoisotopic (exact) mass is 176 g/mol. The van der Waals surface area contributed by atoms with Gasteiger partial charge in [-0.15, -0.1) is 6.58 Å². The van der Waals surface area contributed by atoms with E-state index in [2.05, 4.69) is 6.58 Å². The molecule has 0 aromatic rings. The first-order chi connectivity index (χ1) is 5.39. The first-order valence-electron chi connectivity index (χ1n) is 3.61. The zero-order valence-electron chi connectivity index (χ0n) is 6.68. The molecule has 1 fully saturated rings. The summed E-state index contributed by atoms with van der Waals surface area (Å²) in [6.07, 6.45) is 1.38. The quantitative estimate of drug-likeness (QED) is 0.667. The van der Waals surface area contributed by atoms with Crippen LogP contribution in [-0.4, -0.2) is 17.0 Å². The molecule has 2 nitrogen and oxygen atoms in total. The topological polar surface area (TPSA) is 37.3 Å². The molecule has 0 bridgehead atoms. The Hall–Kier alpha value is -0.930. The van der Waals surface area contributed by atoms with Gasteiger partial charge in [-0.2, -0.15) is 0 Å². The van der Waals surface area contributed by atoms with Crippen molar-refractivity contribution in [2.24, 2.45) is 11.3 Å². The fourth-order valence-corrected chi connectivity index (χ4v) is 1.46. The fourth-order valence-electron chi connectivity index (χ4n) is 1.46. The largest absolute Gasteiger partial charge is 0.481 e. The van der Waals surface area contributed by atoms with Crippen molar-refractivity contribution >= 4 is 5.97 Å². The molecule has 0 unspecified atom stereocenters. The molecule has 1 aliphatic carbocycles. The lowest BCUT2D eigenvalue weighted by molar-refractivity contribution is -0.146. The minimum Gasteiger partial charge on any atom is -0.481 e. The highest BCUT2D eigenvalue weighted by Gasteiger charge is 2.81. The summed E-state index contributed by atoms with van der Waals surface area (Å²) < 4.78 is 25.7. The van der Waals surface area contributed by atoms with Crippen molar-refractivity contribution in [2.45, 2.75) is 19.3 Å². The van der Waals surface area contributed by atoms with Crippen LogP contribution in [0.4, 0.5) is 8.78 Å². The number of alkyl halides is 2. The van der Waals surface area contributed by atoms with Crippen LogP contribution in [0.1, 0.15) is 13.3 Å². The van der Waals surface area contributed by atoms with Crippen molar-refractivity contribution in [1.29, 1.82) is 0 Å². The Morgan fingerprint density at radius 1 is 1.75 bits per heavy atom. The van der Waals surface area contributed by atoms with Crippen LogP contribution in [0.3, 0.4) is 0 Å². The zero-order chi connectivity index (χ0) is 9.57. The summed E-state index contributed by atoms with van der Waals surface area (Å²) in [6, 6.07) is 0. The number of carboxylic acid groups (broad SMARTS) is 1. The molecule has 4 heteroatoms. The summed E-state index contributed by atoms with van der Waals surface area (Å²) in [7, 11) is 0. The highest BCUT2D eigenvalue weighted by Crippen LogP contribution is 2.67. The van der Waals surface area contributed by atoms with Crippen molar-refractivity contribution in [3.05, 3.63) is 12.7 Å². The van der Waals surface area contributed by atoms with Crippen LogP contribution in [0.25, 0.3) is 0 Å². The van der Waals surface area contributed by atoms with Crippen LogP contribution in [0.15, 0.2) is 12.7 Å². The number of aliphatic carboxylic acids is 1. The molecule has 0 spiro atoms. The second kappa shape index (κ2) is 2.28. The van der Waals surface area contributed by atoms with E-state index in [9.17, 15) is 13.6 Å². The second-order valence-electron chi connectivity index (χ2n) is 3.21. The highest BCUT2D eigenvalue weighted by atomic mass is 19.3. The normalized spacial score (nSPS) is 37.4. The first kappa shape index (κ1) is 9.16. The number of carboxylic acids is 1. The SMILES string of the molecule is C=CC[C@H]1C(F)(F)[C@]1(C)C(=O)O. The molecule has 68 valence electrons. The third-order valence-electron chi connectivity index (χ3n) is 2.59. The van der Waals surface area contributed by atoms with Crippen LogP contribution < -0.4 is 0 Å². The molecule has 0 aromatic heterocycles. The summed E-state index contributed by atoms with van der Waals surface area (Å²) in [5.41, 5.74) is -1.87. The van der Waals surface area contributed by atoms with E-state index in [-0.39, 0.29) is 6.42 Å². The van der Waals surface area contributed by atoms with E-state index >= 15 is 0 Å². The number of rotatable bonds is 3. The number of hydrogen-bond acceptors (Lipinski definition) is 1. The summed E-state index contributed by atoms with van der Waals surface area (Å²) in [5, 5.41) is 8.53. The van der Waals surface area contributed by atoms with Crippen LogP contribution in [-0.2, 0) is 4.79 Å². The number of hydrogen-bond donors (Lipinski definition) is 1. The maximum Gasteiger partial charge on any atom is 0.316 e. The Labute approximate surface area is 68.9 Å². The lowest BCUT2D eigenvalue weighted by Gasteiger charge is -2.00. The van der Waals surface area contributed by atoms with Gasteiger partial charge in [0.15, 0.2) is 0 Å². The lowest BCUT2D eigenvalue weighted by Crippen LogP contribution is -2.18. The molecule has 0 aliphatic heterocycles. The van der Waals surface area contributed by atoms with E-state index in [0.717, 1.165) is 6.92 Å². The van der Waals surface area contributed by atoms with Crippen LogP contribution in [0, 0.1) is 11.3 Å². The Bertz CT molecular complexity index is 237. The molecule has 1 aliphatic rings. The van der Waals surface area contributed by atoms with E-state index in [0.29, 0.717) is 0 Å². The Kier molecular flexibility index (Phi) is 1.74. The van der Waals surface area contributed by atoms with E-state index in [1.54, 1.807) is 0 Å². The molecular formula is C8H10F2O2. The first-order valence-corrected chi connectivity index (χ1v) is 3.61. The van der Waals surface area contributed by atoms with Gasteiger partial charge in [-0.3, -0.25) is 4.79 Å². The summed E-state index contributed by atoms with van der Waals surface area (Å²) >= 11 is 0. The predicted octanol–water partition coefficient (Wildman–Crippen LogP) is 1.92. The molecular weight excluding hydrogens is 166 g/mol. The van der Waals surface area contributed by atoms with Gasteiger partial charge in [0.05, 0.1) is 0 Å². The fraction of sp³-hybridized carbons (Fsp3) is 0.625. The van der Waals surface area contributed by atoms with Gasteiger partial charge in [-0.25, -0.2) is 8.78 Å². The van der Waals surface area contributed by atoms with Crippen LogP contribution in [0.5, 0.6) is 0 Å². The van der Waals surface area contributed by atoms with E-state index in [1.807, 2.05) is 0 Å². The van der Waals surface area contributed by atoms with Crippen LogP contribution >= 0.6 is 0 Å². The maximum absolute atomic E-state index is 12.9. The molecule has 1 saturated carbocycles. The molecule has 0 saturated heterocycles. The van der Waals surface area contributed by atoms with E-state index < -0.39 is 23.2 Å². The smallest absolute Gasteiger partial charge is 0.316 e. The van der Waals surface area contributed by atoms with Gasteiger partial charge in [0.25, 0.3) is 5.92 Å². The van der Waals surface area contributed by atoms with Crippen molar-refractivity contribution in [3.63, 3.8) is 0 Å². The molecule has 0 amide bonds. The number of halogens is 2. The maximum atomic E-state index is 12.9. The number of carbonyl (C=O) groups is 1. The van der Waals surface area contributed by atoms with Gasteiger partial charge < -0.3 is 5.11 Å². The molecule has 2 atom stereocenters. The molecule has 0 aromatic carbocycles. The Balaban J connectivity index is 2.83. The standard InChI is InChI=1S/C8H10F2O2/c1-3-4-5-7(2,6(11)12)8(5,9)10/h3,5H,1,4H2,2H3,(H,11,12)/t5-,7+/m1/s1. The summed E-state index contributed by atoms with van der Waals surface area (Å²) in [6.45, 7) is 4.38. The van der Waals surface area contributed by atoms with E-state index in [1.165, 1.54) is 6.08 Å². The molecule has 12 heavy (non-hydrogen) atoms. The summed E-state index contributed by atoms with van der Waals surface area (Å²) in [4.78, 5) is 10.5. The highest BCUT2D eigenvalue weighted by molar-refractivity contribution is 5.80. The minimum absolute atomic E-state index is 0.0514. The molecule has 1 N–H and O–H groups in total. The van der Waals surface area contributed by atoms with Gasteiger partial charge in [0.2, 0.25) is 0 Å².